The van der Waals surface area contributed by atoms with Gasteiger partial charge in [0.05, 0.1) is 24.4 Å². The van der Waals surface area contributed by atoms with Gasteiger partial charge in [-0.3, -0.25) is 0 Å². The molecule has 1 aliphatic heterocycles. The number of imidazole rings is 1. The number of esters is 1. The van der Waals surface area contributed by atoms with Gasteiger partial charge in [0.1, 0.15) is 5.82 Å². The zero-order valence-corrected chi connectivity index (χ0v) is 12.6. The number of aromatic nitrogens is 2. The molecule has 3 heterocycles. The number of ether oxygens (including phenoxy) is 1. The normalized spacial score (nSPS) is 19.2. The van der Waals surface area contributed by atoms with Gasteiger partial charge in [-0.15, -0.1) is 0 Å². The van der Waals surface area contributed by atoms with Crippen molar-refractivity contribution in [2.75, 3.05) is 26.7 Å². The summed E-state index contributed by atoms with van der Waals surface area (Å²) in [5, 5.41) is 0. The minimum atomic E-state index is -0.315. The van der Waals surface area contributed by atoms with Gasteiger partial charge < -0.3 is 14.0 Å². The maximum Gasteiger partial charge on any atom is 0.340 e. The average molecular weight is 287 g/mol. The first kappa shape index (κ1) is 14.1. The van der Waals surface area contributed by atoms with Gasteiger partial charge in [-0.2, -0.15) is 0 Å². The van der Waals surface area contributed by atoms with Crippen molar-refractivity contribution in [2.45, 2.75) is 19.8 Å². The van der Waals surface area contributed by atoms with Crippen LogP contribution in [0.1, 0.15) is 29.5 Å². The van der Waals surface area contributed by atoms with Gasteiger partial charge in [0.25, 0.3) is 0 Å². The predicted octanol–water partition coefficient (Wildman–Crippen LogP) is 2.01. The molecule has 0 spiro atoms. The first-order chi connectivity index (χ1) is 10.2. The Balaban J connectivity index is 1.86. The van der Waals surface area contributed by atoms with Crippen molar-refractivity contribution in [1.82, 2.24) is 14.3 Å². The fourth-order valence-electron chi connectivity index (χ4n) is 3.13. The number of carbonyl (C=O) groups excluding carboxylic acids is 1. The molecule has 1 fully saturated rings. The Morgan fingerprint density at radius 1 is 1.52 bits per heavy atom. The third kappa shape index (κ3) is 2.65. The molecular formula is C16H21N3O2. The zero-order valence-electron chi connectivity index (χ0n) is 12.6. The van der Waals surface area contributed by atoms with E-state index >= 15 is 0 Å². The summed E-state index contributed by atoms with van der Waals surface area (Å²) in [6, 6.07) is 3.65. The largest absolute Gasteiger partial charge is 0.465 e. The molecule has 21 heavy (non-hydrogen) atoms. The van der Waals surface area contributed by atoms with Crippen LogP contribution in [0, 0.1) is 5.92 Å². The highest BCUT2D eigenvalue weighted by Gasteiger charge is 2.23. The van der Waals surface area contributed by atoms with Gasteiger partial charge in [-0.25, -0.2) is 9.78 Å². The highest BCUT2D eigenvalue weighted by Crippen LogP contribution is 2.22. The van der Waals surface area contributed by atoms with Crippen molar-refractivity contribution < 1.29 is 9.53 Å². The van der Waals surface area contributed by atoms with Crippen molar-refractivity contribution >= 4 is 11.5 Å². The molecule has 0 amide bonds. The molecule has 2 aromatic rings. The maximum absolute atomic E-state index is 11.8. The molecule has 3 rings (SSSR count). The van der Waals surface area contributed by atoms with Crippen molar-refractivity contribution in [3.63, 3.8) is 0 Å². The number of nitrogens with zero attached hydrogens (tertiary/aromatic N) is 3. The lowest BCUT2D eigenvalue weighted by Gasteiger charge is -2.12. The molecule has 1 unspecified atom stereocenters. The summed E-state index contributed by atoms with van der Waals surface area (Å²) in [7, 11) is 1.40. The SMILES string of the molecule is CCN1CCC(Cc2ncc3c(C(=O)OC)cccn23)C1. The van der Waals surface area contributed by atoms with Crippen LogP contribution in [-0.4, -0.2) is 47.0 Å². The average Bonchev–Trinajstić information content (AvgIpc) is 3.14. The molecule has 1 atom stereocenters. The molecule has 112 valence electrons. The molecule has 0 saturated carbocycles. The van der Waals surface area contributed by atoms with Crippen molar-refractivity contribution in [1.29, 1.82) is 0 Å². The van der Waals surface area contributed by atoms with Crippen LogP contribution in [0.3, 0.4) is 0 Å². The lowest BCUT2D eigenvalue weighted by atomic mass is 10.0. The van der Waals surface area contributed by atoms with E-state index in [-0.39, 0.29) is 5.97 Å². The molecule has 0 bridgehead atoms. The number of likely N-dealkylation sites (tertiary alicyclic amines) is 1. The number of hydrogen-bond donors (Lipinski definition) is 0. The van der Waals surface area contributed by atoms with E-state index in [9.17, 15) is 4.79 Å². The van der Waals surface area contributed by atoms with Crippen LogP contribution >= 0.6 is 0 Å². The van der Waals surface area contributed by atoms with Gasteiger partial charge in [0.15, 0.2) is 0 Å². The number of rotatable bonds is 4. The van der Waals surface area contributed by atoms with E-state index in [0.29, 0.717) is 11.5 Å². The van der Waals surface area contributed by atoms with Gasteiger partial charge in [-0.05, 0) is 37.6 Å². The topological polar surface area (TPSA) is 46.8 Å². The summed E-state index contributed by atoms with van der Waals surface area (Å²) >= 11 is 0. The molecule has 0 radical (unpaired) electrons. The van der Waals surface area contributed by atoms with Crippen molar-refractivity contribution in [3.05, 3.63) is 35.9 Å². The third-order valence-corrected chi connectivity index (χ3v) is 4.34. The van der Waals surface area contributed by atoms with Crippen LogP contribution in [0.25, 0.3) is 5.52 Å². The van der Waals surface area contributed by atoms with Crippen LogP contribution in [0.15, 0.2) is 24.5 Å². The Hall–Kier alpha value is -1.88. The second-order valence-corrected chi connectivity index (χ2v) is 5.60. The molecule has 5 heteroatoms. The summed E-state index contributed by atoms with van der Waals surface area (Å²) < 4.78 is 6.84. The monoisotopic (exact) mass is 287 g/mol. The molecule has 0 aliphatic carbocycles. The van der Waals surface area contributed by atoms with Gasteiger partial charge in [0, 0.05) is 19.2 Å². The minimum Gasteiger partial charge on any atom is -0.465 e. The Kier molecular flexibility index (Phi) is 3.92. The Bertz CT molecular complexity index is 650. The number of methoxy groups -OCH3 is 1. The first-order valence-corrected chi connectivity index (χ1v) is 7.48. The van der Waals surface area contributed by atoms with Crippen LogP contribution in [0.2, 0.25) is 0 Å². The highest BCUT2D eigenvalue weighted by molar-refractivity contribution is 5.96. The molecule has 1 aliphatic rings. The van der Waals surface area contributed by atoms with Crippen LogP contribution in [-0.2, 0) is 11.2 Å². The summed E-state index contributed by atoms with van der Waals surface area (Å²) in [6.45, 7) is 5.64. The molecule has 5 nitrogen and oxygen atoms in total. The smallest absolute Gasteiger partial charge is 0.340 e. The number of pyridine rings is 1. The zero-order chi connectivity index (χ0) is 14.8. The van der Waals surface area contributed by atoms with Crippen LogP contribution in [0.4, 0.5) is 0 Å². The van der Waals surface area contributed by atoms with E-state index in [1.807, 2.05) is 16.7 Å². The third-order valence-electron chi connectivity index (χ3n) is 4.34. The van der Waals surface area contributed by atoms with E-state index in [4.69, 9.17) is 4.74 Å². The molecule has 0 aromatic carbocycles. The van der Waals surface area contributed by atoms with E-state index in [0.717, 1.165) is 30.9 Å². The Morgan fingerprint density at radius 3 is 3.10 bits per heavy atom. The molecular weight excluding hydrogens is 266 g/mol. The summed E-state index contributed by atoms with van der Waals surface area (Å²) in [5.41, 5.74) is 1.39. The second-order valence-electron chi connectivity index (χ2n) is 5.60. The fourth-order valence-corrected chi connectivity index (χ4v) is 3.13. The predicted molar refractivity (Wildman–Crippen MR) is 80.5 cm³/mol. The van der Waals surface area contributed by atoms with Crippen molar-refractivity contribution in [2.24, 2.45) is 5.92 Å². The first-order valence-electron chi connectivity index (χ1n) is 7.48. The summed E-state index contributed by atoms with van der Waals surface area (Å²) in [4.78, 5) is 18.8. The van der Waals surface area contributed by atoms with Gasteiger partial charge >= 0.3 is 5.97 Å². The summed E-state index contributed by atoms with van der Waals surface area (Å²) in [6.07, 6.45) is 5.92. The van der Waals surface area contributed by atoms with Crippen LogP contribution in [0.5, 0.6) is 0 Å². The van der Waals surface area contributed by atoms with E-state index in [2.05, 4.69) is 16.8 Å². The lowest BCUT2D eigenvalue weighted by Crippen LogP contribution is -2.20. The molecule has 2 aromatic heterocycles. The highest BCUT2D eigenvalue weighted by atomic mass is 16.5. The number of fused-ring (bicyclic) bond motifs is 1. The Labute approximate surface area is 124 Å². The molecule has 0 N–H and O–H groups in total. The van der Waals surface area contributed by atoms with E-state index in [1.54, 1.807) is 12.3 Å². The maximum atomic E-state index is 11.8. The van der Waals surface area contributed by atoms with Gasteiger partial charge in [0.2, 0.25) is 0 Å². The molecule has 1 saturated heterocycles. The quantitative estimate of drug-likeness (QED) is 0.807. The van der Waals surface area contributed by atoms with Gasteiger partial charge in [-0.1, -0.05) is 6.92 Å². The van der Waals surface area contributed by atoms with E-state index < -0.39 is 0 Å². The minimum absolute atomic E-state index is 0.315. The summed E-state index contributed by atoms with van der Waals surface area (Å²) in [5.74, 6) is 1.36. The van der Waals surface area contributed by atoms with Crippen molar-refractivity contribution in [3.8, 4) is 0 Å². The fraction of sp³-hybridized carbons (Fsp3) is 0.500. The van der Waals surface area contributed by atoms with Crippen LogP contribution < -0.4 is 0 Å². The lowest BCUT2D eigenvalue weighted by molar-refractivity contribution is 0.0602. The second kappa shape index (κ2) is 5.85. The van der Waals surface area contributed by atoms with E-state index in [1.165, 1.54) is 20.1 Å². The number of carbonyl (C=O) groups is 1. The standard InChI is InChI=1S/C16H21N3O2/c1-3-18-8-6-12(11-18)9-15-17-10-14-13(16(20)21-2)5-4-7-19(14)15/h4-5,7,10,12H,3,6,8-9,11H2,1-2H3. The number of hydrogen-bond acceptors (Lipinski definition) is 4. The Morgan fingerprint density at radius 2 is 2.38 bits per heavy atom.